The van der Waals surface area contributed by atoms with E-state index in [1.807, 2.05) is 0 Å². The van der Waals surface area contributed by atoms with Gasteiger partial charge in [0.1, 0.15) is 10.6 Å². The molecule has 8 nitrogen and oxygen atoms in total. The van der Waals surface area contributed by atoms with E-state index in [0.717, 1.165) is 12.1 Å². The van der Waals surface area contributed by atoms with Crippen LogP contribution in [0.4, 0.5) is 0 Å². The maximum Gasteiger partial charge on any atom is 0.352 e. The number of sulfonamides is 1. The first-order valence-corrected chi connectivity index (χ1v) is 8.89. The molecule has 2 aromatic rings. The molecule has 4 rings (SSSR count). The normalized spacial score (nSPS) is 17.9. The number of carboxylic acids is 1. The Hall–Kier alpha value is -2.13. The lowest BCUT2D eigenvalue weighted by Gasteiger charge is -2.27. The van der Waals surface area contributed by atoms with Gasteiger partial charge in [0.2, 0.25) is 10.0 Å². The SMILES string of the molecule is O=C(O)c1cc(S(=O)(=O)N2CCn3nccc3C2)c2n1CCC2. The van der Waals surface area contributed by atoms with Crippen LogP contribution in [0.2, 0.25) is 0 Å². The quantitative estimate of drug-likeness (QED) is 0.882. The molecular weight excluding hydrogens is 320 g/mol. The topological polar surface area (TPSA) is 97.4 Å². The Morgan fingerprint density at radius 2 is 2.09 bits per heavy atom. The van der Waals surface area contributed by atoms with E-state index in [1.165, 1.54) is 10.4 Å². The molecule has 0 spiro atoms. The van der Waals surface area contributed by atoms with Crippen LogP contribution < -0.4 is 0 Å². The number of fused-ring (bicyclic) bond motifs is 2. The number of hydrogen-bond donors (Lipinski definition) is 1. The van der Waals surface area contributed by atoms with Crippen LogP contribution in [0.25, 0.3) is 0 Å². The average molecular weight is 336 g/mol. The molecule has 2 aliphatic rings. The van der Waals surface area contributed by atoms with E-state index in [4.69, 9.17) is 0 Å². The molecule has 9 heteroatoms. The van der Waals surface area contributed by atoms with E-state index in [-0.39, 0.29) is 17.1 Å². The Morgan fingerprint density at radius 3 is 2.87 bits per heavy atom. The van der Waals surface area contributed by atoms with Gasteiger partial charge in [0.15, 0.2) is 0 Å². The molecule has 0 aliphatic carbocycles. The summed E-state index contributed by atoms with van der Waals surface area (Å²) in [4.78, 5) is 11.5. The van der Waals surface area contributed by atoms with Gasteiger partial charge in [0.25, 0.3) is 0 Å². The first kappa shape index (κ1) is 14.5. The first-order chi connectivity index (χ1) is 11.0. The second-order valence-electron chi connectivity index (χ2n) is 5.79. The van der Waals surface area contributed by atoms with Crippen LogP contribution in [0.1, 0.15) is 28.3 Å². The van der Waals surface area contributed by atoms with Crippen LogP contribution in [0.3, 0.4) is 0 Å². The summed E-state index contributed by atoms with van der Waals surface area (Å²) in [7, 11) is -3.71. The number of aromatic nitrogens is 3. The molecule has 0 fully saturated rings. The molecule has 0 unspecified atom stereocenters. The van der Waals surface area contributed by atoms with Crippen molar-refractivity contribution in [2.45, 2.75) is 37.4 Å². The molecule has 0 radical (unpaired) electrons. The van der Waals surface area contributed by atoms with Gasteiger partial charge in [-0.25, -0.2) is 13.2 Å². The zero-order chi connectivity index (χ0) is 16.2. The van der Waals surface area contributed by atoms with Crippen molar-refractivity contribution in [3.8, 4) is 0 Å². The van der Waals surface area contributed by atoms with E-state index in [2.05, 4.69) is 5.10 Å². The fourth-order valence-corrected chi connectivity index (χ4v) is 5.06. The van der Waals surface area contributed by atoms with Gasteiger partial charge < -0.3 is 9.67 Å². The number of hydrogen-bond acceptors (Lipinski definition) is 4. The Kier molecular flexibility index (Phi) is 3.10. The first-order valence-electron chi connectivity index (χ1n) is 7.45. The maximum atomic E-state index is 13.0. The minimum atomic E-state index is -3.71. The minimum absolute atomic E-state index is 0.0538. The number of rotatable bonds is 3. The molecular formula is C14H16N4O4S. The highest BCUT2D eigenvalue weighted by Crippen LogP contribution is 2.31. The van der Waals surface area contributed by atoms with Gasteiger partial charge >= 0.3 is 5.97 Å². The van der Waals surface area contributed by atoms with Gasteiger partial charge in [-0.15, -0.1) is 0 Å². The molecule has 2 aromatic heterocycles. The third-order valence-corrected chi connectivity index (χ3v) is 6.41. The highest BCUT2D eigenvalue weighted by Gasteiger charge is 2.35. The summed E-state index contributed by atoms with van der Waals surface area (Å²) in [6.07, 6.45) is 3.02. The Labute approximate surface area is 133 Å². The summed E-state index contributed by atoms with van der Waals surface area (Å²) < 4.78 is 30.8. The van der Waals surface area contributed by atoms with E-state index in [0.29, 0.717) is 31.7 Å². The van der Waals surface area contributed by atoms with Crippen molar-refractivity contribution < 1.29 is 18.3 Å². The average Bonchev–Trinajstić information content (AvgIpc) is 3.21. The lowest BCUT2D eigenvalue weighted by atomic mass is 10.3. The molecule has 1 N–H and O–H groups in total. The monoisotopic (exact) mass is 336 g/mol. The van der Waals surface area contributed by atoms with Gasteiger partial charge in [-0.05, 0) is 25.0 Å². The van der Waals surface area contributed by atoms with Crippen molar-refractivity contribution in [3.05, 3.63) is 35.4 Å². The van der Waals surface area contributed by atoms with Gasteiger partial charge in [-0.3, -0.25) is 4.68 Å². The number of aromatic carboxylic acids is 1. The molecule has 0 amide bonds. The molecule has 0 saturated heterocycles. The zero-order valence-corrected chi connectivity index (χ0v) is 13.2. The summed E-state index contributed by atoms with van der Waals surface area (Å²) in [6, 6.07) is 3.10. The highest BCUT2D eigenvalue weighted by atomic mass is 32.2. The van der Waals surface area contributed by atoms with Gasteiger partial charge in [-0.2, -0.15) is 9.40 Å². The van der Waals surface area contributed by atoms with Crippen molar-refractivity contribution in [2.24, 2.45) is 0 Å². The number of carbonyl (C=O) groups is 1. The molecule has 0 bridgehead atoms. The van der Waals surface area contributed by atoms with E-state index in [9.17, 15) is 18.3 Å². The van der Waals surface area contributed by atoms with E-state index < -0.39 is 16.0 Å². The summed E-state index contributed by atoms with van der Waals surface area (Å²) in [5.41, 5.74) is 1.51. The van der Waals surface area contributed by atoms with Crippen LogP contribution in [0.15, 0.2) is 23.2 Å². The summed E-state index contributed by atoms with van der Waals surface area (Å²) in [5.74, 6) is -1.09. The van der Waals surface area contributed by atoms with Crippen molar-refractivity contribution >= 4 is 16.0 Å². The van der Waals surface area contributed by atoms with Gasteiger partial charge in [0, 0.05) is 25.0 Å². The summed E-state index contributed by atoms with van der Waals surface area (Å²) >= 11 is 0. The lowest BCUT2D eigenvalue weighted by molar-refractivity contribution is 0.0685. The molecule has 23 heavy (non-hydrogen) atoms. The van der Waals surface area contributed by atoms with Crippen LogP contribution >= 0.6 is 0 Å². The van der Waals surface area contributed by atoms with Crippen LogP contribution in [0.5, 0.6) is 0 Å². The van der Waals surface area contributed by atoms with Crippen molar-refractivity contribution in [1.82, 2.24) is 18.7 Å². The second kappa shape index (κ2) is 4.93. The van der Waals surface area contributed by atoms with E-state index in [1.54, 1.807) is 21.5 Å². The Balaban J connectivity index is 1.76. The lowest BCUT2D eigenvalue weighted by Crippen LogP contribution is -2.38. The van der Waals surface area contributed by atoms with Crippen LogP contribution in [-0.2, 0) is 36.1 Å². The van der Waals surface area contributed by atoms with Gasteiger partial charge in [-0.1, -0.05) is 0 Å². The number of carboxylic acid groups (broad SMARTS) is 1. The maximum absolute atomic E-state index is 13.0. The number of nitrogens with zero attached hydrogens (tertiary/aromatic N) is 4. The Morgan fingerprint density at radius 1 is 1.26 bits per heavy atom. The summed E-state index contributed by atoms with van der Waals surface area (Å²) in [6.45, 7) is 1.65. The van der Waals surface area contributed by atoms with Gasteiger partial charge in [0.05, 0.1) is 18.8 Å². The zero-order valence-electron chi connectivity index (χ0n) is 12.3. The molecule has 0 aromatic carbocycles. The predicted molar refractivity (Wildman–Crippen MR) is 79.5 cm³/mol. The van der Waals surface area contributed by atoms with Crippen LogP contribution in [-0.4, -0.2) is 44.7 Å². The molecule has 2 aliphatic heterocycles. The molecule has 0 saturated carbocycles. The predicted octanol–water partition coefficient (Wildman–Crippen LogP) is 0.533. The molecule has 122 valence electrons. The van der Waals surface area contributed by atoms with Crippen molar-refractivity contribution in [2.75, 3.05) is 6.54 Å². The largest absolute Gasteiger partial charge is 0.477 e. The highest BCUT2D eigenvalue weighted by molar-refractivity contribution is 7.89. The van der Waals surface area contributed by atoms with Crippen LogP contribution in [0, 0.1) is 0 Å². The standard InChI is InChI=1S/C14H16N4O4S/c19-14(20)12-8-13(11-2-1-5-17(11)12)23(21,22)16-6-7-18-10(9-16)3-4-15-18/h3-4,8H,1-2,5-7,9H2,(H,19,20). The van der Waals surface area contributed by atoms with E-state index >= 15 is 0 Å². The van der Waals surface area contributed by atoms with Crippen molar-refractivity contribution in [3.63, 3.8) is 0 Å². The molecule has 0 atom stereocenters. The minimum Gasteiger partial charge on any atom is -0.477 e. The molecule has 4 heterocycles. The fraction of sp³-hybridized carbons (Fsp3) is 0.429. The smallest absolute Gasteiger partial charge is 0.352 e. The van der Waals surface area contributed by atoms with Crippen molar-refractivity contribution in [1.29, 1.82) is 0 Å². The third-order valence-electron chi connectivity index (χ3n) is 4.51. The Bertz CT molecular complexity index is 896. The second-order valence-corrected chi connectivity index (χ2v) is 7.69. The third kappa shape index (κ3) is 2.11. The fourth-order valence-electron chi connectivity index (χ4n) is 3.39. The summed E-state index contributed by atoms with van der Waals surface area (Å²) in [5, 5.41) is 13.4.